The molecule has 1 atom stereocenters. The lowest BCUT2D eigenvalue weighted by Crippen LogP contribution is -2.23. The van der Waals surface area contributed by atoms with E-state index in [1.165, 1.54) is 23.1 Å². The van der Waals surface area contributed by atoms with E-state index in [2.05, 4.69) is 26.9 Å². The van der Waals surface area contributed by atoms with E-state index in [0.717, 1.165) is 42.5 Å². The van der Waals surface area contributed by atoms with Gasteiger partial charge in [0.25, 0.3) is 0 Å². The maximum absolute atomic E-state index is 12.9. The Labute approximate surface area is 183 Å². The molecule has 1 N–H and O–H groups in total. The van der Waals surface area contributed by atoms with Gasteiger partial charge < -0.3 is 5.32 Å². The minimum Gasteiger partial charge on any atom is -0.316 e. The number of tetrazole rings is 1. The van der Waals surface area contributed by atoms with Crippen LogP contribution in [0.1, 0.15) is 47.8 Å². The Morgan fingerprint density at radius 2 is 2.10 bits per heavy atom. The lowest BCUT2D eigenvalue weighted by atomic mass is 10.1. The van der Waals surface area contributed by atoms with Crippen molar-refractivity contribution in [1.29, 1.82) is 5.26 Å². The summed E-state index contributed by atoms with van der Waals surface area (Å²) >= 11 is 2.84. The minimum absolute atomic E-state index is 0.160. The summed E-state index contributed by atoms with van der Waals surface area (Å²) in [4.78, 5) is 14.1. The number of para-hydroxylation sites is 1. The standard InChI is InChI=1S/C21H22N6OS2/c1-13-8-6-7-10-17(13)27-21(24-25-26-27)29-14(2)19(28)23-20-16(12-22)15-9-4-3-5-11-18(15)30-20/h6-8,10,14H,3-5,9,11H2,1-2H3,(H,23,28)/t14-/m1/s1. The molecule has 2 aromatic heterocycles. The number of thioether (sulfide) groups is 1. The van der Waals surface area contributed by atoms with Crippen LogP contribution in [0.25, 0.3) is 5.69 Å². The fraction of sp³-hybridized carbons (Fsp3) is 0.381. The largest absolute Gasteiger partial charge is 0.316 e. The number of nitrogens with one attached hydrogen (secondary N) is 1. The van der Waals surface area contributed by atoms with Crippen LogP contribution in [-0.2, 0) is 17.6 Å². The van der Waals surface area contributed by atoms with Crippen molar-refractivity contribution >= 4 is 34.0 Å². The molecule has 0 saturated heterocycles. The Morgan fingerprint density at radius 3 is 2.90 bits per heavy atom. The van der Waals surface area contributed by atoms with Gasteiger partial charge in [0.1, 0.15) is 11.1 Å². The fourth-order valence-electron chi connectivity index (χ4n) is 3.58. The first-order valence-electron chi connectivity index (χ1n) is 9.95. The van der Waals surface area contributed by atoms with Gasteiger partial charge in [-0.15, -0.1) is 16.4 Å². The number of fused-ring (bicyclic) bond motifs is 1. The van der Waals surface area contributed by atoms with Gasteiger partial charge in [-0.05, 0) is 67.2 Å². The summed E-state index contributed by atoms with van der Waals surface area (Å²) < 4.78 is 1.65. The lowest BCUT2D eigenvalue weighted by molar-refractivity contribution is -0.115. The van der Waals surface area contributed by atoms with Crippen LogP contribution >= 0.6 is 23.1 Å². The molecular formula is C21H22N6OS2. The quantitative estimate of drug-likeness (QED) is 0.471. The van der Waals surface area contributed by atoms with Crippen molar-refractivity contribution in [1.82, 2.24) is 20.2 Å². The van der Waals surface area contributed by atoms with Crippen LogP contribution in [0.15, 0.2) is 29.4 Å². The van der Waals surface area contributed by atoms with Gasteiger partial charge in [-0.3, -0.25) is 4.79 Å². The van der Waals surface area contributed by atoms with E-state index >= 15 is 0 Å². The number of rotatable bonds is 5. The Hall–Kier alpha value is -2.70. The summed E-state index contributed by atoms with van der Waals surface area (Å²) in [5.41, 5.74) is 3.68. The van der Waals surface area contributed by atoms with E-state index in [4.69, 9.17) is 0 Å². The minimum atomic E-state index is -0.424. The molecule has 2 heterocycles. The zero-order valence-corrected chi connectivity index (χ0v) is 18.5. The number of nitriles is 1. The molecule has 3 aromatic rings. The number of hydrogen-bond donors (Lipinski definition) is 1. The number of thiophene rings is 1. The molecule has 7 nitrogen and oxygen atoms in total. The van der Waals surface area contributed by atoms with Crippen molar-refractivity contribution in [3.63, 3.8) is 0 Å². The van der Waals surface area contributed by atoms with Gasteiger partial charge in [-0.2, -0.15) is 9.94 Å². The maximum atomic E-state index is 12.9. The van der Waals surface area contributed by atoms with Crippen molar-refractivity contribution in [3.05, 3.63) is 45.8 Å². The average Bonchev–Trinajstić information content (AvgIpc) is 3.24. The molecular weight excluding hydrogens is 416 g/mol. The van der Waals surface area contributed by atoms with Gasteiger partial charge in [0.05, 0.1) is 16.5 Å². The third kappa shape index (κ3) is 4.11. The zero-order valence-electron chi connectivity index (χ0n) is 16.9. The van der Waals surface area contributed by atoms with Crippen molar-refractivity contribution < 1.29 is 4.79 Å². The normalized spacial score (nSPS) is 14.4. The highest BCUT2D eigenvalue weighted by molar-refractivity contribution is 8.00. The summed E-state index contributed by atoms with van der Waals surface area (Å²) in [7, 11) is 0. The molecule has 0 unspecified atom stereocenters. The van der Waals surface area contributed by atoms with Gasteiger partial charge in [0.15, 0.2) is 0 Å². The van der Waals surface area contributed by atoms with Crippen molar-refractivity contribution in [2.24, 2.45) is 0 Å². The second kappa shape index (κ2) is 8.98. The molecule has 4 rings (SSSR count). The van der Waals surface area contributed by atoms with Crippen LogP contribution in [-0.4, -0.2) is 31.4 Å². The molecule has 1 aromatic carbocycles. The van der Waals surface area contributed by atoms with E-state index in [-0.39, 0.29) is 5.91 Å². The van der Waals surface area contributed by atoms with Gasteiger partial charge >= 0.3 is 0 Å². The van der Waals surface area contributed by atoms with Gasteiger partial charge in [0.2, 0.25) is 11.1 Å². The summed E-state index contributed by atoms with van der Waals surface area (Å²) in [5, 5.41) is 25.4. The summed E-state index contributed by atoms with van der Waals surface area (Å²) in [6.45, 7) is 3.81. The molecule has 0 spiro atoms. The van der Waals surface area contributed by atoms with E-state index in [1.54, 1.807) is 16.0 Å². The second-order valence-electron chi connectivity index (χ2n) is 7.29. The first-order chi connectivity index (χ1) is 14.6. The van der Waals surface area contributed by atoms with Crippen molar-refractivity contribution in [2.45, 2.75) is 56.4 Å². The maximum Gasteiger partial charge on any atom is 0.238 e. The van der Waals surface area contributed by atoms with Gasteiger partial charge in [0, 0.05) is 4.88 Å². The van der Waals surface area contributed by atoms with Crippen LogP contribution in [0.3, 0.4) is 0 Å². The molecule has 1 aliphatic rings. The second-order valence-corrected chi connectivity index (χ2v) is 9.70. The molecule has 9 heteroatoms. The Bertz CT molecular complexity index is 1110. The highest BCUT2D eigenvalue weighted by atomic mass is 32.2. The third-order valence-corrected chi connectivity index (χ3v) is 7.45. The zero-order chi connectivity index (χ0) is 21.1. The number of aromatic nitrogens is 4. The first-order valence-corrected chi connectivity index (χ1v) is 11.6. The molecule has 154 valence electrons. The average molecular weight is 439 g/mol. The predicted molar refractivity (Wildman–Crippen MR) is 118 cm³/mol. The molecule has 1 amide bonds. The number of amides is 1. The molecule has 0 bridgehead atoms. The Kier molecular flexibility index (Phi) is 6.16. The lowest BCUT2D eigenvalue weighted by Gasteiger charge is -2.12. The SMILES string of the molecule is Cc1ccccc1-n1nnnc1S[C@H](C)C(=O)Nc1sc2c(c1C#N)CCCCC2. The number of nitrogens with zero attached hydrogens (tertiary/aromatic N) is 5. The topological polar surface area (TPSA) is 96.5 Å². The van der Waals surface area contributed by atoms with Crippen LogP contribution in [0.5, 0.6) is 0 Å². The number of hydrogen-bond acceptors (Lipinski definition) is 7. The van der Waals surface area contributed by atoms with Crippen molar-refractivity contribution in [2.75, 3.05) is 5.32 Å². The van der Waals surface area contributed by atoms with Crippen LogP contribution < -0.4 is 5.32 Å². The Balaban J connectivity index is 1.51. The molecule has 1 aliphatic carbocycles. The third-order valence-electron chi connectivity index (χ3n) is 5.21. The van der Waals surface area contributed by atoms with Crippen LogP contribution in [0.4, 0.5) is 5.00 Å². The summed E-state index contributed by atoms with van der Waals surface area (Å²) in [6, 6.07) is 10.1. The number of aryl methyl sites for hydroxylation is 2. The number of benzene rings is 1. The monoisotopic (exact) mass is 438 g/mol. The molecule has 30 heavy (non-hydrogen) atoms. The predicted octanol–water partition coefficient (Wildman–Crippen LogP) is 4.29. The highest BCUT2D eigenvalue weighted by Crippen LogP contribution is 2.37. The fourth-order valence-corrected chi connectivity index (χ4v) is 5.62. The van der Waals surface area contributed by atoms with Gasteiger partial charge in [-0.1, -0.05) is 36.4 Å². The molecule has 0 fully saturated rings. The van der Waals surface area contributed by atoms with Crippen LogP contribution in [0.2, 0.25) is 0 Å². The van der Waals surface area contributed by atoms with E-state index in [0.29, 0.717) is 15.7 Å². The molecule has 0 radical (unpaired) electrons. The highest BCUT2D eigenvalue weighted by Gasteiger charge is 2.24. The van der Waals surface area contributed by atoms with Crippen molar-refractivity contribution in [3.8, 4) is 11.8 Å². The number of carbonyl (C=O) groups is 1. The summed E-state index contributed by atoms with van der Waals surface area (Å²) in [6.07, 6.45) is 5.33. The van der Waals surface area contributed by atoms with E-state index < -0.39 is 5.25 Å². The molecule has 0 aliphatic heterocycles. The van der Waals surface area contributed by atoms with E-state index in [9.17, 15) is 10.1 Å². The number of anilines is 1. The van der Waals surface area contributed by atoms with E-state index in [1.807, 2.05) is 38.1 Å². The number of carbonyl (C=O) groups excluding carboxylic acids is 1. The first kappa shape index (κ1) is 20.6. The Morgan fingerprint density at radius 1 is 1.30 bits per heavy atom. The smallest absolute Gasteiger partial charge is 0.238 e. The van der Waals surface area contributed by atoms with Crippen LogP contribution in [0, 0.1) is 18.3 Å². The molecule has 0 saturated carbocycles. The summed E-state index contributed by atoms with van der Waals surface area (Å²) in [5.74, 6) is -0.160. The van der Waals surface area contributed by atoms with Gasteiger partial charge in [-0.25, -0.2) is 0 Å².